The van der Waals surface area contributed by atoms with Gasteiger partial charge >= 0.3 is 0 Å². The van der Waals surface area contributed by atoms with Crippen molar-refractivity contribution in [1.29, 1.82) is 0 Å². The summed E-state index contributed by atoms with van der Waals surface area (Å²) in [7, 11) is 2.71. The summed E-state index contributed by atoms with van der Waals surface area (Å²) in [4.78, 5) is 0. The van der Waals surface area contributed by atoms with E-state index in [1.165, 1.54) is 12.8 Å². The number of methoxy groups -OCH3 is 1. The molecule has 3 nitrogen and oxygen atoms in total. The van der Waals surface area contributed by atoms with Gasteiger partial charge in [-0.2, -0.15) is 0 Å². The van der Waals surface area contributed by atoms with Crippen molar-refractivity contribution < 1.29 is 14.6 Å². The molecule has 3 heteroatoms. The van der Waals surface area contributed by atoms with E-state index in [-0.39, 0.29) is 6.29 Å². The molecule has 0 aliphatic carbocycles. The van der Waals surface area contributed by atoms with Gasteiger partial charge in [0.05, 0.1) is 6.10 Å². The summed E-state index contributed by atoms with van der Waals surface area (Å²) < 4.78 is 10.7. The third kappa shape index (κ3) is 7.30. The fourth-order valence-electron chi connectivity index (χ4n) is 1.34. The first-order valence-corrected chi connectivity index (χ1v) is 5.49. The average molecular weight is 206 g/mol. The summed E-state index contributed by atoms with van der Waals surface area (Å²) in [5.74, 6) is 0. The van der Waals surface area contributed by atoms with E-state index in [2.05, 4.69) is 6.92 Å². The number of hydrogen-bond donors (Lipinski definition) is 1. The van der Waals surface area contributed by atoms with Crippen LogP contribution >= 0.6 is 0 Å². The molecule has 2 unspecified atom stereocenters. The Bertz CT molecular complexity index is 86.5. The van der Waals surface area contributed by atoms with Crippen molar-refractivity contribution in [2.45, 2.75) is 58.8 Å². The fraction of sp³-hybridized carbons (Fsp3) is 1.00. The highest BCUT2D eigenvalue weighted by molar-refractivity contribution is 4.63. The molecule has 1 heterocycles. The zero-order valence-corrected chi connectivity index (χ0v) is 10.2. The molecule has 1 N–H and O–H groups in total. The summed E-state index contributed by atoms with van der Waals surface area (Å²) in [5.41, 5.74) is 0. The van der Waals surface area contributed by atoms with E-state index >= 15 is 0 Å². The maximum absolute atomic E-state index is 7.00. The number of aliphatic hydroxyl groups excluding tert-OH is 1. The number of hydrogen-bond acceptors (Lipinski definition) is 3. The molecule has 88 valence electrons. The lowest BCUT2D eigenvalue weighted by Crippen LogP contribution is -2.28. The lowest BCUT2D eigenvalue weighted by molar-refractivity contribution is -0.180. The lowest BCUT2D eigenvalue weighted by Gasteiger charge is -2.27. The molecule has 0 aromatic heterocycles. The zero-order chi connectivity index (χ0) is 11.4. The minimum Gasteiger partial charge on any atom is -0.400 e. The van der Waals surface area contributed by atoms with Crippen molar-refractivity contribution in [1.82, 2.24) is 0 Å². The highest BCUT2D eigenvalue weighted by Crippen LogP contribution is 2.20. The monoisotopic (exact) mass is 206 g/mol. The van der Waals surface area contributed by atoms with Crippen molar-refractivity contribution >= 4 is 0 Å². The van der Waals surface area contributed by atoms with Crippen LogP contribution in [0.3, 0.4) is 0 Å². The van der Waals surface area contributed by atoms with Crippen molar-refractivity contribution in [2.75, 3.05) is 14.2 Å². The maximum Gasteiger partial charge on any atom is 0.157 e. The molecule has 1 aliphatic heterocycles. The smallest absolute Gasteiger partial charge is 0.157 e. The van der Waals surface area contributed by atoms with Gasteiger partial charge in [0.1, 0.15) is 0 Å². The first-order valence-electron chi connectivity index (χ1n) is 5.49. The molecular formula is C11H26O3. The number of aliphatic hydroxyl groups is 1. The van der Waals surface area contributed by atoms with Gasteiger partial charge in [-0.25, -0.2) is 0 Å². The van der Waals surface area contributed by atoms with E-state index < -0.39 is 0 Å². The average Bonchev–Trinajstić information content (AvgIpc) is 2.34. The van der Waals surface area contributed by atoms with Gasteiger partial charge in [-0.15, -0.1) is 0 Å². The molecule has 0 amide bonds. The summed E-state index contributed by atoms with van der Waals surface area (Å²) in [6.07, 6.45) is 5.14. The molecule has 1 fully saturated rings. The predicted octanol–water partition coefficient (Wildman–Crippen LogP) is 2.57. The van der Waals surface area contributed by atoms with Crippen LogP contribution in [-0.2, 0) is 9.47 Å². The van der Waals surface area contributed by atoms with E-state index in [1.54, 1.807) is 7.11 Å². The highest BCUT2D eigenvalue weighted by atomic mass is 16.7. The third-order valence-electron chi connectivity index (χ3n) is 2.03. The second kappa shape index (κ2) is 12.9. The molecule has 14 heavy (non-hydrogen) atoms. The molecule has 0 saturated carbocycles. The lowest BCUT2D eigenvalue weighted by atomic mass is 10.1. The summed E-state index contributed by atoms with van der Waals surface area (Å²) in [5, 5.41) is 7.00. The van der Waals surface area contributed by atoms with Crippen LogP contribution in [0, 0.1) is 0 Å². The standard InChI is InChI=1S/C8H16O2.C2H6.CH4O/c1-3-7-5-4-6-8(9-2)10-7;2*1-2/h7-8H,3-6H2,1-2H3;1-2H3;2H,1H3. The van der Waals surface area contributed by atoms with E-state index in [0.29, 0.717) is 6.10 Å². The molecule has 0 aromatic rings. The van der Waals surface area contributed by atoms with Gasteiger partial charge in [0.2, 0.25) is 0 Å². The quantitative estimate of drug-likeness (QED) is 0.754. The van der Waals surface area contributed by atoms with Crippen molar-refractivity contribution in [2.24, 2.45) is 0 Å². The molecule has 0 aromatic carbocycles. The Morgan fingerprint density at radius 3 is 2.29 bits per heavy atom. The van der Waals surface area contributed by atoms with Crippen LogP contribution in [0.15, 0.2) is 0 Å². The van der Waals surface area contributed by atoms with Gasteiger partial charge in [0.15, 0.2) is 6.29 Å². The zero-order valence-electron chi connectivity index (χ0n) is 10.2. The predicted molar refractivity (Wildman–Crippen MR) is 59.3 cm³/mol. The van der Waals surface area contributed by atoms with Crippen LogP contribution in [0.1, 0.15) is 46.5 Å². The Kier molecular flexibility index (Phi) is 15.0. The Hall–Kier alpha value is -0.120. The van der Waals surface area contributed by atoms with Gasteiger partial charge < -0.3 is 14.6 Å². The third-order valence-corrected chi connectivity index (χ3v) is 2.03. The molecule has 1 rings (SSSR count). The maximum atomic E-state index is 7.00. The topological polar surface area (TPSA) is 38.7 Å². The molecule has 1 aliphatic rings. The molecule has 1 saturated heterocycles. The van der Waals surface area contributed by atoms with Gasteiger partial charge in [0.25, 0.3) is 0 Å². The van der Waals surface area contributed by atoms with E-state index in [1.807, 2.05) is 13.8 Å². The molecule has 0 spiro atoms. The van der Waals surface area contributed by atoms with Crippen LogP contribution in [0.5, 0.6) is 0 Å². The van der Waals surface area contributed by atoms with Crippen LogP contribution in [0.2, 0.25) is 0 Å². The van der Waals surface area contributed by atoms with E-state index in [4.69, 9.17) is 14.6 Å². The van der Waals surface area contributed by atoms with Crippen LogP contribution in [-0.4, -0.2) is 31.7 Å². The Morgan fingerprint density at radius 2 is 1.86 bits per heavy atom. The van der Waals surface area contributed by atoms with E-state index in [9.17, 15) is 0 Å². The van der Waals surface area contributed by atoms with Crippen molar-refractivity contribution in [3.63, 3.8) is 0 Å². The number of rotatable bonds is 2. The van der Waals surface area contributed by atoms with Crippen molar-refractivity contribution in [3.8, 4) is 0 Å². The van der Waals surface area contributed by atoms with Crippen LogP contribution < -0.4 is 0 Å². The minimum atomic E-state index is 0.0682. The van der Waals surface area contributed by atoms with Gasteiger partial charge in [-0.1, -0.05) is 20.8 Å². The Labute approximate surface area is 88.4 Å². The van der Waals surface area contributed by atoms with Gasteiger partial charge in [-0.05, 0) is 25.7 Å². The SMILES string of the molecule is CC.CCC1CCCC(OC)O1.CO. The van der Waals surface area contributed by atoms with Crippen LogP contribution in [0.25, 0.3) is 0 Å². The number of ether oxygens (including phenoxy) is 2. The first-order chi connectivity index (χ1) is 6.86. The van der Waals surface area contributed by atoms with Crippen LogP contribution in [0.4, 0.5) is 0 Å². The second-order valence-corrected chi connectivity index (χ2v) is 2.76. The first kappa shape index (κ1) is 16.3. The highest BCUT2D eigenvalue weighted by Gasteiger charge is 2.19. The Morgan fingerprint density at radius 1 is 1.29 bits per heavy atom. The summed E-state index contributed by atoms with van der Waals surface area (Å²) >= 11 is 0. The summed E-state index contributed by atoms with van der Waals surface area (Å²) in [6.45, 7) is 6.16. The van der Waals surface area contributed by atoms with Gasteiger partial charge in [-0.3, -0.25) is 0 Å². The van der Waals surface area contributed by atoms with Gasteiger partial charge in [0, 0.05) is 14.2 Å². The van der Waals surface area contributed by atoms with Crippen molar-refractivity contribution in [3.05, 3.63) is 0 Å². The fourth-order valence-corrected chi connectivity index (χ4v) is 1.34. The summed E-state index contributed by atoms with van der Waals surface area (Å²) in [6, 6.07) is 0. The molecule has 0 bridgehead atoms. The molecule has 0 radical (unpaired) electrons. The molecule has 2 atom stereocenters. The second-order valence-electron chi connectivity index (χ2n) is 2.76. The van der Waals surface area contributed by atoms with E-state index in [0.717, 1.165) is 20.0 Å². The normalized spacial score (nSPS) is 25.3. The molecular weight excluding hydrogens is 180 g/mol. The Balaban J connectivity index is 0. The minimum absolute atomic E-state index is 0.0682. The largest absolute Gasteiger partial charge is 0.400 e.